The molecule has 0 bridgehead atoms. The molecule has 0 radical (unpaired) electrons. The predicted molar refractivity (Wildman–Crippen MR) is 56.6 cm³/mol. The van der Waals surface area contributed by atoms with Gasteiger partial charge in [0.15, 0.2) is 9.84 Å². The molecular weight excluding hydrogens is 200 g/mol. The largest absolute Gasteiger partial charge is 0.304 e. The van der Waals surface area contributed by atoms with Crippen LogP contribution in [0.15, 0.2) is 0 Å². The van der Waals surface area contributed by atoms with Gasteiger partial charge in [-0.1, -0.05) is 6.92 Å². The maximum absolute atomic E-state index is 11.2. The second-order valence-corrected chi connectivity index (χ2v) is 6.00. The summed E-state index contributed by atoms with van der Waals surface area (Å²) in [6, 6.07) is 2.12. The molecule has 82 valence electrons. The van der Waals surface area contributed by atoms with Crippen LogP contribution in [0.5, 0.6) is 0 Å². The van der Waals surface area contributed by atoms with Gasteiger partial charge in [0, 0.05) is 18.8 Å². The molecular formula is C9H18N2O2S. The average Bonchev–Trinajstić information content (AvgIpc) is 2.15. The Morgan fingerprint density at radius 3 is 2.50 bits per heavy atom. The van der Waals surface area contributed by atoms with Gasteiger partial charge in [-0.3, -0.25) is 0 Å². The number of rotatable bonds is 6. The molecule has 0 aromatic carbocycles. The quantitative estimate of drug-likeness (QED) is 0.652. The van der Waals surface area contributed by atoms with Crippen molar-refractivity contribution in [3.05, 3.63) is 0 Å². The van der Waals surface area contributed by atoms with Gasteiger partial charge < -0.3 is 4.90 Å². The molecule has 0 saturated heterocycles. The highest BCUT2D eigenvalue weighted by atomic mass is 32.2. The molecule has 1 unspecified atom stereocenters. The highest BCUT2D eigenvalue weighted by Gasteiger charge is 2.10. The van der Waals surface area contributed by atoms with Crippen molar-refractivity contribution in [1.82, 2.24) is 4.90 Å². The van der Waals surface area contributed by atoms with Crippen molar-refractivity contribution in [2.24, 2.45) is 5.92 Å². The third-order valence-corrected chi connectivity index (χ3v) is 3.71. The Balaban J connectivity index is 3.87. The zero-order chi connectivity index (χ0) is 11.2. The molecule has 0 aromatic heterocycles. The molecule has 14 heavy (non-hydrogen) atoms. The number of nitrogens with zero attached hydrogens (tertiary/aromatic N) is 2. The van der Waals surface area contributed by atoms with E-state index in [2.05, 4.69) is 6.07 Å². The first-order valence-electron chi connectivity index (χ1n) is 4.70. The van der Waals surface area contributed by atoms with Crippen LogP contribution < -0.4 is 0 Å². The topological polar surface area (TPSA) is 61.2 Å². The van der Waals surface area contributed by atoms with Crippen molar-refractivity contribution < 1.29 is 8.42 Å². The van der Waals surface area contributed by atoms with E-state index in [1.807, 2.05) is 18.9 Å². The lowest BCUT2D eigenvalue weighted by molar-refractivity contribution is 0.327. The first-order chi connectivity index (χ1) is 6.41. The summed E-state index contributed by atoms with van der Waals surface area (Å²) in [6.45, 7) is 4.59. The van der Waals surface area contributed by atoms with Crippen LogP contribution in [0, 0.1) is 17.2 Å². The van der Waals surface area contributed by atoms with Gasteiger partial charge in [0.25, 0.3) is 0 Å². The van der Waals surface area contributed by atoms with E-state index < -0.39 is 9.84 Å². The van der Waals surface area contributed by atoms with Crippen LogP contribution in [0.3, 0.4) is 0 Å². The number of sulfone groups is 1. The van der Waals surface area contributed by atoms with Gasteiger partial charge >= 0.3 is 0 Å². The Labute approximate surface area is 86.4 Å². The van der Waals surface area contributed by atoms with Gasteiger partial charge in [-0.2, -0.15) is 5.26 Å². The Bertz CT molecular complexity index is 292. The lowest BCUT2D eigenvalue weighted by Gasteiger charge is -2.17. The summed E-state index contributed by atoms with van der Waals surface area (Å²) >= 11 is 0. The summed E-state index contributed by atoms with van der Waals surface area (Å²) in [5.41, 5.74) is 0. The summed E-state index contributed by atoms with van der Waals surface area (Å²) in [5, 5.41) is 8.56. The molecule has 0 aliphatic rings. The summed E-state index contributed by atoms with van der Waals surface area (Å²) in [7, 11) is -1.05. The van der Waals surface area contributed by atoms with E-state index in [0.29, 0.717) is 13.1 Å². The van der Waals surface area contributed by atoms with Crippen molar-refractivity contribution in [1.29, 1.82) is 5.26 Å². The SMILES string of the molecule is CCS(=O)(=O)CCN(C)CC(C)C#N. The lowest BCUT2D eigenvalue weighted by atomic mass is 10.2. The van der Waals surface area contributed by atoms with Crippen molar-refractivity contribution in [3.8, 4) is 6.07 Å². The van der Waals surface area contributed by atoms with E-state index in [0.717, 1.165) is 0 Å². The van der Waals surface area contributed by atoms with Crippen LogP contribution in [0.4, 0.5) is 0 Å². The predicted octanol–water partition coefficient (Wildman–Crippen LogP) is 0.513. The normalized spacial score (nSPS) is 13.9. The Kier molecular flexibility index (Phi) is 5.73. The van der Waals surface area contributed by atoms with Crippen LogP contribution in [0.25, 0.3) is 0 Å². The van der Waals surface area contributed by atoms with Gasteiger partial charge in [0.1, 0.15) is 0 Å². The van der Waals surface area contributed by atoms with Gasteiger partial charge in [0.2, 0.25) is 0 Å². The fraction of sp³-hybridized carbons (Fsp3) is 0.889. The fourth-order valence-corrected chi connectivity index (χ4v) is 1.92. The summed E-state index contributed by atoms with van der Waals surface area (Å²) in [4.78, 5) is 1.88. The van der Waals surface area contributed by atoms with Crippen molar-refractivity contribution in [3.63, 3.8) is 0 Å². The van der Waals surface area contributed by atoms with Crippen molar-refractivity contribution >= 4 is 9.84 Å². The molecule has 0 N–H and O–H groups in total. The van der Waals surface area contributed by atoms with Crippen LogP contribution >= 0.6 is 0 Å². The second kappa shape index (κ2) is 5.99. The van der Waals surface area contributed by atoms with E-state index in [1.165, 1.54) is 0 Å². The highest BCUT2D eigenvalue weighted by Crippen LogP contribution is 1.97. The number of hydrogen-bond donors (Lipinski definition) is 0. The van der Waals surface area contributed by atoms with Gasteiger partial charge in [0.05, 0.1) is 17.7 Å². The van der Waals surface area contributed by atoms with Crippen LogP contribution in [0.2, 0.25) is 0 Å². The molecule has 0 heterocycles. The maximum atomic E-state index is 11.2. The highest BCUT2D eigenvalue weighted by molar-refractivity contribution is 7.91. The third-order valence-electron chi connectivity index (χ3n) is 2.03. The number of hydrogen-bond acceptors (Lipinski definition) is 4. The van der Waals surface area contributed by atoms with Crippen LogP contribution in [-0.4, -0.2) is 45.0 Å². The Hall–Kier alpha value is -0.600. The monoisotopic (exact) mass is 218 g/mol. The minimum absolute atomic E-state index is 0.0515. The minimum Gasteiger partial charge on any atom is -0.304 e. The van der Waals surface area contributed by atoms with E-state index in [1.54, 1.807) is 6.92 Å². The zero-order valence-corrected chi connectivity index (χ0v) is 9.84. The molecule has 0 aliphatic heterocycles. The van der Waals surface area contributed by atoms with E-state index >= 15 is 0 Å². The first kappa shape index (κ1) is 13.4. The molecule has 0 fully saturated rings. The van der Waals surface area contributed by atoms with E-state index in [9.17, 15) is 8.42 Å². The first-order valence-corrected chi connectivity index (χ1v) is 6.52. The molecule has 0 aliphatic carbocycles. The minimum atomic E-state index is -2.88. The van der Waals surface area contributed by atoms with Crippen molar-refractivity contribution in [2.75, 3.05) is 31.6 Å². The summed E-state index contributed by atoms with van der Waals surface area (Å²) in [5.74, 6) is 0.316. The molecule has 0 saturated carbocycles. The molecule has 4 nitrogen and oxygen atoms in total. The van der Waals surface area contributed by atoms with E-state index in [4.69, 9.17) is 5.26 Å². The second-order valence-electron chi connectivity index (χ2n) is 3.53. The molecule has 0 aromatic rings. The van der Waals surface area contributed by atoms with Gasteiger partial charge in [-0.25, -0.2) is 8.42 Å². The molecule has 0 spiro atoms. The van der Waals surface area contributed by atoms with Crippen molar-refractivity contribution in [2.45, 2.75) is 13.8 Å². The van der Waals surface area contributed by atoms with Gasteiger partial charge in [-0.15, -0.1) is 0 Å². The maximum Gasteiger partial charge on any atom is 0.151 e. The lowest BCUT2D eigenvalue weighted by Crippen LogP contribution is -2.29. The van der Waals surface area contributed by atoms with Crippen LogP contribution in [-0.2, 0) is 9.84 Å². The van der Waals surface area contributed by atoms with Gasteiger partial charge in [-0.05, 0) is 14.0 Å². The fourth-order valence-electron chi connectivity index (χ4n) is 1.04. The zero-order valence-electron chi connectivity index (χ0n) is 9.02. The molecule has 0 amide bonds. The standard InChI is InChI=1S/C9H18N2O2S/c1-4-14(12,13)6-5-11(3)8-9(2)7-10/h9H,4-6,8H2,1-3H3. The third kappa shape index (κ3) is 5.95. The molecule has 5 heteroatoms. The molecule has 1 atom stereocenters. The Morgan fingerprint density at radius 2 is 2.07 bits per heavy atom. The Morgan fingerprint density at radius 1 is 1.50 bits per heavy atom. The summed E-state index contributed by atoms with van der Waals surface area (Å²) < 4.78 is 22.3. The molecule has 0 rings (SSSR count). The van der Waals surface area contributed by atoms with E-state index in [-0.39, 0.29) is 17.4 Å². The number of nitriles is 1. The van der Waals surface area contributed by atoms with Crippen LogP contribution in [0.1, 0.15) is 13.8 Å². The summed E-state index contributed by atoms with van der Waals surface area (Å²) in [6.07, 6.45) is 0. The smallest absolute Gasteiger partial charge is 0.151 e. The average molecular weight is 218 g/mol.